The standard InChI is InChI=1S/C18H18ClN5O2/c1-3-24-15(8-9-21-24)18(25)23-16-7-5-12(17(20)22-16)13-10-11(26-2)4-6-14(13)19/h4-10H,3H2,1-2H3,(H3,20,22,23,25). The third kappa shape index (κ3) is 3.48. The molecule has 0 saturated heterocycles. The molecule has 0 aliphatic carbocycles. The molecular weight excluding hydrogens is 354 g/mol. The molecule has 8 heteroatoms. The van der Waals surface area contributed by atoms with Crippen molar-refractivity contribution in [2.75, 3.05) is 18.2 Å². The van der Waals surface area contributed by atoms with Gasteiger partial charge in [0, 0.05) is 28.9 Å². The Morgan fingerprint density at radius 1 is 1.27 bits per heavy atom. The van der Waals surface area contributed by atoms with E-state index >= 15 is 0 Å². The van der Waals surface area contributed by atoms with Gasteiger partial charge in [-0.2, -0.15) is 5.10 Å². The Kier molecular flexibility index (Phi) is 5.09. The van der Waals surface area contributed by atoms with Gasteiger partial charge in [-0.05, 0) is 43.3 Å². The number of nitrogen functional groups attached to an aromatic ring is 1. The zero-order chi connectivity index (χ0) is 18.7. The van der Waals surface area contributed by atoms with Crippen molar-refractivity contribution in [3.63, 3.8) is 0 Å². The predicted octanol–water partition coefficient (Wildman–Crippen LogP) is 3.46. The minimum Gasteiger partial charge on any atom is -0.497 e. The van der Waals surface area contributed by atoms with Crippen molar-refractivity contribution in [2.45, 2.75) is 13.5 Å². The number of amides is 1. The highest BCUT2D eigenvalue weighted by Gasteiger charge is 2.14. The second-order valence-electron chi connectivity index (χ2n) is 5.46. The summed E-state index contributed by atoms with van der Waals surface area (Å²) in [7, 11) is 1.58. The summed E-state index contributed by atoms with van der Waals surface area (Å²) in [4.78, 5) is 16.6. The number of halogens is 1. The van der Waals surface area contributed by atoms with Gasteiger partial charge in [0.1, 0.15) is 23.1 Å². The predicted molar refractivity (Wildman–Crippen MR) is 102 cm³/mol. The molecule has 3 aromatic rings. The average Bonchev–Trinajstić information content (AvgIpc) is 3.11. The second-order valence-corrected chi connectivity index (χ2v) is 5.87. The van der Waals surface area contributed by atoms with Crippen LogP contribution in [-0.4, -0.2) is 27.8 Å². The van der Waals surface area contributed by atoms with Crippen molar-refractivity contribution in [3.05, 3.63) is 53.3 Å². The number of hydrogen-bond donors (Lipinski definition) is 2. The van der Waals surface area contributed by atoms with Crippen LogP contribution in [-0.2, 0) is 6.54 Å². The Bertz CT molecular complexity index is 955. The lowest BCUT2D eigenvalue weighted by atomic mass is 10.1. The first-order chi connectivity index (χ1) is 12.5. The van der Waals surface area contributed by atoms with Gasteiger partial charge in [-0.15, -0.1) is 0 Å². The molecule has 2 heterocycles. The molecular formula is C18H18ClN5O2. The van der Waals surface area contributed by atoms with Crippen molar-refractivity contribution < 1.29 is 9.53 Å². The van der Waals surface area contributed by atoms with Gasteiger partial charge in [0.05, 0.1) is 7.11 Å². The van der Waals surface area contributed by atoms with E-state index in [0.717, 1.165) is 0 Å². The third-order valence-electron chi connectivity index (χ3n) is 3.88. The minimum atomic E-state index is -0.302. The van der Waals surface area contributed by atoms with Crippen molar-refractivity contribution in [3.8, 4) is 16.9 Å². The van der Waals surface area contributed by atoms with Crippen LogP contribution in [0.25, 0.3) is 11.1 Å². The molecule has 0 bridgehead atoms. The number of aromatic nitrogens is 3. The molecule has 0 radical (unpaired) electrons. The highest BCUT2D eigenvalue weighted by atomic mass is 35.5. The van der Waals surface area contributed by atoms with Gasteiger partial charge in [0.15, 0.2) is 0 Å². The Morgan fingerprint density at radius 2 is 2.08 bits per heavy atom. The number of carbonyl (C=O) groups is 1. The number of nitrogens with zero attached hydrogens (tertiary/aromatic N) is 3. The summed E-state index contributed by atoms with van der Waals surface area (Å²) >= 11 is 6.27. The number of aryl methyl sites for hydroxylation is 1. The lowest BCUT2D eigenvalue weighted by Gasteiger charge is -2.11. The van der Waals surface area contributed by atoms with E-state index in [2.05, 4.69) is 15.4 Å². The molecule has 0 atom stereocenters. The molecule has 1 aromatic carbocycles. The van der Waals surface area contributed by atoms with E-state index in [9.17, 15) is 4.79 Å². The summed E-state index contributed by atoms with van der Waals surface area (Å²) in [6.45, 7) is 2.51. The number of anilines is 2. The zero-order valence-electron chi connectivity index (χ0n) is 14.4. The number of rotatable bonds is 5. The molecule has 3 rings (SSSR count). The molecule has 2 aromatic heterocycles. The minimum absolute atomic E-state index is 0.252. The summed E-state index contributed by atoms with van der Waals surface area (Å²) in [6.07, 6.45) is 1.58. The van der Waals surface area contributed by atoms with Crippen molar-refractivity contribution >= 4 is 29.1 Å². The van der Waals surface area contributed by atoms with Crippen LogP contribution in [0.5, 0.6) is 5.75 Å². The smallest absolute Gasteiger partial charge is 0.275 e. The molecule has 7 nitrogen and oxygen atoms in total. The lowest BCUT2D eigenvalue weighted by molar-refractivity contribution is 0.101. The third-order valence-corrected chi connectivity index (χ3v) is 4.21. The van der Waals surface area contributed by atoms with E-state index in [-0.39, 0.29) is 11.7 Å². The molecule has 0 unspecified atom stereocenters. The van der Waals surface area contributed by atoms with Gasteiger partial charge >= 0.3 is 0 Å². The molecule has 0 aliphatic heterocycles. The Labute approximate surface area is 155 Å². The molecule has 134 valence electrons. The fraction of sp³-hybridized carbons (Fsp3) is 0.167. The van der Waals surface area contributed by atoms with Gasteiger partial charge in [-0.25, -0.2) is 4.98 Å². The van der Waals surface area contributed by atoms with Crippen LogP contribution in [0.4, 0.5) is 11.6 Å². The molecule has 3 N–H and O–H groups in total. The maximum atomic E-state index is 12.4. The van der Waals surface area contributed by atoms with Crippen LogP contribution >= 0.6 is 11.6 Å². The Hall–Kier alpha value is -3.06. The van der Waals surface area contributed by atoms with Crippen molar-refractivity contribution in [1.29, 1.82) is 0 Å². The molecule has 26 heavy (non-hydrogen) atoms. The van der Waals surface area contributed by atoms with Crippen LogP contribution < -0.4 is 15.8 Å². The van der Waals surface area contributed by atoms with E-state index in [1.807, 2.05) is 6.92 Å². The number of methoxy groups -OCH3 is 1. The first-order valence-corrected chi connectivity index (χ1v) is 8.35. The number of benzene rings is 1. The van der Waals surface area contributed by atoms with Crippen LogP contribution in [0.2, 0.25) is 5.02 Å². The summed E-state index contributed by atoms with van der Waals surface area (Å²) in [6, 6.07) is 10.4. The lowest BCUT2D eigenvalue weighted by Crippen LogP contribution is -2.18. The number of nitrogens with two attached hydrogens (primary N) is 1. The van der Waals surface area contributed by atoms with Crippen LogP contribution in [0, 0.1) is 0 Å². The molecule has 0 saturated carbocycles. The summed E-state index contributed by atoms with van der Waals surface area (Å²) in [5, 5.41) is 7.34. The quantitative estimate of drug-likeness (QED) is 0.716. The summed E-state index contributed by atoms with van der Waals surface area (Å²) in [5.41, 5.74) is 7.90. The van der Waals surface area contributed by atoms with Gasteiger partial charge in [0.2, 0.25) is 0 Å². The number of pyridine rings is 1. The molecule has 0 spiro atoms. The van der Waals surface area contributed by atoms with Gasteiger partial charge in [-0.1, -0.05) is 11.6 Å². The van der Waals surface area contributed by atoms with Crippen molar-refractivity contribution in [2.24, 2.45) is 0 Å². The molecule has 0 fully saturated rings. The maximum absolute atomic E-state index is 12.4. The monoisotopic (exact) mass is 371 g/mol. The largest absolute Gasteiger partial charge is 0.497 e. The van der Waals surface area contributed by atoms with Crippen LogP contribution in [0.3, 0.4) is 0 Å². The Balaban J connectivity index is 1.87. The fourth-order valence-electron chi connectivity index (χ4n) is 2.57. The first kappa shape index (κ1) is 17.8. The number of ether oxygens (including phenoxy) is 1. The van der Waals surface area contributed by atoms with E-state index in [4.69, 9.17) is 22.1 Å². The zero-order valence-corrected chi connectivity index (χ0v) is 15.1. The number of nitrogens with one attached hydrogen (secondary N) is 1. The fourth-order valence-corrected chi connectivity index (χ4v) is 2.79. The number of hydrogen-bond acceptors (Lipinski definition) is 5. The second kappa shape index (κ2) is 7.45. The van der Waals surface area contributed by atoms with E-state index in [0.29, 0.717) is 40.0 Å². The van der Waals surface area contributed by atoms with Gasteiger partial charge in [0.25, 0.3) is 5.91 Å². The molecule has 0 aliphatic rings. The van der Waals surface area contributed by atoms with Crippen LogP contribution in [0.15, 0.2) is 42.6 Å². The SMILES string of the molecule is CCn1nccc1C(=O)Nc1ccc(-c2cc(OC)ccc2Cl)c(N)n1. The maximum Gasteiger partial charge on any atom is 0.275 e. The topological polar surface area (TPSA) is 95.1 Å². The number of carbonyl (C=O) groups excluding carboxylic acids is 1. The average molecular weight is 372 g/mol. The van der Waals surface area contributed by atoms with Crippen LogP contribution in [0.1, 0.15) is 17.4 Å². The van der Waals surface area contributed by atoms with Gasteiger partial charge < -0.3 is 15.8 Å². The van der Waals surface area contributed by atoms with Gasteiger partial charge in [-0.3, -0.25) is 9.48 Å². The normalized spacial score (nSPS) is 10.6. The highest BCUT2D eigenvalue weighted by molar-refractivity contribution is 6.33. The van der Waals surface area contributed by atoms with E-state index in [1.54, 1.807) is 54.4 Å². The molecule has 1 amide bonds. The highest BCUT2D eigenvalue weighted by Crippen LogP contribution is 2.34. The van der Waals surface area contributed by atoms with E-state index in [1.165, 1.54) is 0 Å². The van der Waals surface area contributed by atoms with E-state index < -0.39 is 0 Å². The Morgan fingerprint density at radius 3 is 2.77 bits per heavy atom. The van der Waals surface area contributed by atoms with Crippen molar-refractivity contribution in [1.82, 2.24) is 14.8 Å². The first-order valence-electron chi connectivity index (χ1n) is 7.97. The summed E-state index contributed by atoms with van der Waals surface area (Å²) in [5.74, 6) is 0.957. The summed E-state index contributed by atoms with van der Waals surface area (Å²) < 4.78 is 6.83.